The summed E-state index contributed by atoms with van der Waals surface area (Å²) in [6.07, 6.45) is 0. The molecule has 1 N–H and O–H groups in total. The molecule has 1 aromatic rings. The van der Waals surface area contributed by atoms with Crippen LogP contribution < -0.4 is 15.0 Å². The predicted octanol–water partition coefficient (Wildman–Crippen LogP) is 1.91. The lowest BCUT2D eigenvalue weighted by atomic mass is 10.3. The minimum atomic E-state index is -0.447. The van der Waals surface area contributed by atoms with Gasteiger partial charge in [-0.25, -0.2) is 14.5 Å². The Kier molecular flexibility index (Phi) is 5.17. The quantitative estimate of drug-likeness (QED) is 0.908. The molecule has 0 radical (unpaired) electrons. The molecule has 0 bridgehead atoms. The summed E-state index contributed by atoms with van der Waals surface area (Å²) >= 11 is 0. The van der Waals surface area contributed by atoms with E-state index in [2.05, 4.69) is 5.32 Å². The first-order valence-electron chi connectivity index (χ1n) is 5.96. The second kappa shape index (κ2) is 6.63. The summed E-state index contributed by atoms with van der Waals surface area (Å²) < 4.78 is 5.07. The number of carbonyl (C=O) groups excluding carboxylic acids is 2. The van der Waals surface area contributed by atoms with Crippen LogP contribution in [0.4, 0.5) is 15.3 Å². The van der Waals surface area contributed by atoms with E-state index in [-0.39, 0.29) is 6.03 Å². The molecule has 0 fully saturated rings. The molecule has 0 aliphatic heterocycles. The van der Waals surface area contributed by atoms with Gasteiger partial charge in [-0.15, -0.1) is 0 Å². The fraction of sp³-hybridized carbons (Fsp3) is 0.385. The summed E-state index contributed by atoms with van der Waals surface area (Å²) in [5, 5.41) is 2.41. The summed E-state index contributed by atoms with van der Waals surface area (Å²) in [6.45, 7) is 2.31. The van der Waals surface area contributed by atoms with Crippen LogP contribution in [0, 0.1) is 0 Å². The van der Waals surface area contributed by atoms with Crippen LogP contribution in [0.5, 0.6) is 5.75 Å². The number of ether oxygens (including phenoxy) is 1. The third kappa shape index (κ3) is 3.37. The van der Waals surface area contributed by atoms with Gasteiger partial charge < -0.3 is 10.1 Å². The average molecular weight is 265 g/mol. The molecule has 0 aliphatic rings. The van der Waals surface area contributed by atoms with Crippen LogP contribution >= 0.6 is 0 Å². The second-order valence-electron chi connectivity index (χ2n) is 3.84. The van der Waals surface area contributed by atoms with Gasteiger partial charge in [0, 0.05) is 26.3 Å². The number of anilines is 1. The zero-order valence-electron chi connectivity index (χ0n) is 11.6. The number of nitrogens with zero attached hydrogens (tertiary/aromatic N) is 2. The molecule has 6 heteroatoms. The van der Waals surface area contributed by atoms with Crippen molar-refractivity contribution >= 4 is 17.7 Å². The molecule has 0 atom stereocenters. The van der Waals surface area contributed by atoms with Crippen LogP contribution in [0.3, 0.4) is 0 Å². The number of methoxy groups -OCH3 is 1. The van der Waals surface area contributed by atoms with Crippen LogP contribution in [-0.2, 0) is 0 Å². The minimum Gasteiger partial charge on any atom is -0.497 e. The maximum Gasteiger partial charge on any atom is 0.332 e. The Morgan fingerprint density at radius 3 is 2.26 bits per heavy atom. The zero-order chi connectivity index (χ0) is 14.4. The summed E-state index contributed by atoms with van der Waals surface area (Å²) in [5.74, 6) is 0.715. The van der Waals surface area contributed by atoms with Crippen molar-refractivity contribution in [1.82, 2.24) is 10.2 Å². The van der Waals surface area contributed by atoms with E-state index in [1.54, 1.807) is 31.4 Å². The van der Waals surface area contributed by atoms with Crippen molar-refractivity contribution in [2.75, 3.05) is 32.6 Å². The zero-order valence-corrected chi connectivity index (χ0v) is 11.6. The monoisotopic (exact) mass is 265 g/mol. The molecule has 6 nitrogen and oxygen atoms in total. The highest BCUT2D eigenvalue weighted by Crippen LogP contribution is 2.20. The maximum absolute atomic E-state index is 12.2. The third-order valence-corrected chi connectivity index (χ3v) is 2.74. The molecular formula is C13H19N3O3. The van der Waals surface area contributed by atoms with Gasteiger partial charge in [0.2, 0.25) is 0 Å². The van der Waals surface area contributed by atoms with E-state index < -0.39 is 6.03 Å². The van der Waals surface area contributed by atoms with Gasteiger partial charge in [-0.1, -0.05) is 0 Å². The van der Waals surface area contributed by atoms with E-state index in [1.165, 1.54) is 19.0 Å². The van der Waals surface area contributed by atoms with Crippen molar-refractivity contribution in [3.63, 3.8) is 0 Å². The van der Waals surface area contributed by atoms with Crippen molar-refractivity contribution in [3.05, 3.63) is 24.3 Å². The van der Waals surface area contributed by atoms with Gasteiger partial charge in [0.1, 0.15) is 5.75 Å². The molecule has 0 aliphatic carbocycles. The maximum atomic E-state index is 12.2. The number of carbonyl (C=O) groups is 2. The van der Waals surface area contributed by atoms with Crippen LogP contribution in [-0.4, -0.2) is 44.7 Å². The van der Waals surface area contributed by atoms with E-state index in [0.29, 0.717) is 18.0 Å². The van der Waals surface area contributed by atoms with Gasteiger partial charge in [-0.05, 0) is 31.2 Å². The Morgan fingerprint density at radius 2 is 1.84 bits per heavy atom. The molecule has 0 unspecified atom stereocenters. The first-order valence-corrected chi connectivity index (χ1v) is 5.96. The van der Waals surface area contributed by atoms with Gasteiger partial charge >= 0.3 is 12.1 Å². The Morgan fingerprint density at radius 1 is 1.26 bits per heavy atom. The number of amides is 4. The summed E-state index contributed by atoms with van der Waals surface area (Å²) in [7, 11) is 4.50. The number of nitrogens with one attached hydrogen (secondary N) is 1. The number of rotatable bonds is 3. The first kappa shape index (κ1) is 14.8. The number of benzene rings is 1. The average Bonchev–Trinajstić information content (AvgIpc) is 2.46. The molecule has 1 rings (SSSR count). The lowest BCUT2D eigenvalue weighted by molar-refractivity contribution is 0.200. The third-order valence-electron chi connectivity index (χ3n) is 2.74. The molecule has 0 saturated carbocycles. The Labute approximate surface area is 112 Å². The van der Waals surface area contributed by atoms with Crippen molar-refractivity contribution in [3.8, 4) is 5.75 Å². The minimum absolute atomic E-state index is 0.382. The van der Waals surface area contributed by atoms with Gasteiger partial charge in [0.05, 0.1) is 7.11 Å². The molecular weight excluding hydrogens is 246 g/mol. The lowest BCUT2D eigenvalue weighted by Crippen LogP contribution is -2.47. The lowest BCUT2D eigenvalue weighted by Gasteiger charge is -2.26. The van der Waals surface area contributed by atoms with Gasteiger partial charge in [0.25, 0.3) is 0 Å². The second-order valence-corrected chi connectivity index (χ2v) is 3.84. The fourth-order valence-electron chi connectivity index (χ4n) is 1.63. The molecule has 104 valence electrons. The van der Waals surface area contributed by atoms with E-state index >= 15 is 0 Å². The van der Waals surface area contributed by atoms with Gasteiger partial charge in [-0.3, -0.25) is 4.90 Å². The largest absolute Gasteiger partial charge is 0.497 e. The first-order chi connectivity index (χ1) is 9.04. The van der Waals surface area contributed by atoms with Gasteiger partial charge in [0.15, 0.2) is 0 Å². The highest BCUT2D eigenvalue weighted by Gasteiger charge is 2.22. The molecule has 1 aromatic carbocycles. The Balaban J connectivity index is 2.92. The highest BCUT2D eigenvalue weighted by atomic mass is 16.5. The predicted molar refractivity (Wildman–Crippen MR) is 73.6 cm³/mol. The van der Waals surface area contributed by atoms with Crippen LogP contribution in [0.25, 0.3) is 0 Å². The number of hydrogen-bond donors (Lipinski definition) is 1. The molecule has 0 saturated heterocycles. The van der Waals surface area contributed by atoms with Crippen molar-refractivity contribution in [2.24, 2.45) is 0 Å². The number of imide groups is 1. The SMILES string of the molecule is CCN(C(=O)N(C)C(=O)NC)c1ccc(OC)cc1. The molecule has 4 amide bonds. The number of hydrogen-bond acceptors (Lipinski definition) is 3. The van der Waals surface area contributed by atoms with Crippen molar-refractivity contribution < 1.29 is 14.3 Å². The number of urea groups is 2. The molecule has 0 aromatic heterocycles. The van der Waals surface area contributed by atoms with Crippen LogP contribution in [0.2, 0.25) is 0 Å². The van der Waals surface area contributed by atoms with E-state index in [9.17, 15) is 9.59 Å². The van der Waals surface area contributed by atoms with Crippen LogP contribution in [0.1, 0.15) is 6.92 Å². The van der Waals surface area contributed by atoms with Crippen molar-refractivity contribution in [2.45, 2.75) is 6.92 Å². The smallest absolute Gasteiger partial charge is 0.332 e. The Bertz CT molecular complexity index is 445. The van der Waals surface area contributed by atoms with Crippen molar-refractivity contribution in [1.29, 1.82) is 0 Å². The summed E-state index contributed by atoms with van der Waals surface area (Å²) in [6, 6.07) is 6.26. The van der Waals surface area contributed by atoms with Gasteiger partial charge in [-0.2, -0.15) is 0 Å². The molecule has 0 spiro atoms. The summed E-state index contributed by atoms with van der Waals surface area (Å²) in [4.78, 5) is 26.2. The van der Waals surface area contributed by atoms with E-state index in [4.69, 9.17) is 4.74 Å². The summed E-state index contributed by atoms with van der Waals surface area (Å²) in [5.41, 5.74) is 0.712. The Hall–Kier alpha value is -2.24. The molecule has 19 heavy (non-hydrogen) atoms. The van der Waals surface area contributed by atoms with E-state index in [1.807, 2.05) is 6.92 Å². The standard InChI is InChI=1S/C13H19N3O3/c1-5-16(13(18)15(3)12(17)14-2)10-6-8-11(19-4)9-7-10/h6-9H,5H2,1-4H3,(H,14,17). The highest BCUT2D eigenvalue weighted by molar-refractivity contribution is 6.01. The molecule has 0 heterocycles. The van der Waals surface area contributed by atoms with E-state index in [0.717, 1.165) is 4.90 Å². The topological polar surface area (TPSA) is 61.9 Å². The van der Waals surface area contributed by atoms with Crippen LogP contribution in [0.15, 0.2) is 24.3 Å². The normalized spacial score (nSPS) is 9.68. The fourth-order valence-corrected chi connectivity index (χ4v) is 1.63.